The van der Waals surface area contributed by atoms with Gasteiger partial charge >= 0.3 is 5.97 Å². The van der Waals surface area contributed by atoms with E-state index < -0.39 is 11.6 Å². The number of fused-ring (bicyclic) bond motifs is 2. The third-order valence-electron chi connectivity index (χ3n) is 4.64. The summed E-state index contributed by atoms with van der Waals surface area (Å²) in [5, 5.41) is 7.08. The molecule has 2 radical (unpaired) electrons. The summed E-state index contributed by atoms with van der Waals surface area (Å²) in [5.74, 6) is -0.848. The molecule has 1 aliphatic carbocycles. The summed E-state index contributed by atoms with van der Waals surface area (Å²) in [7, 11) is 5.85. The maximum Gasteiger partial charge on any atom is 0.357 e. The van der Waals surface area contributed by atoms with E-state index in [4.69, 9.17) is 12.6 Å². The highest BCUT2D eigenvalue weighted by molar-refractivity contribution is 6.32. The largest absolute Gasteiger partial charge is 0.455 e. The predicted molar refractivity (Wildman–Crippen MR) is 106 cm³/mol. The predicted octanol–water partition coefficient (Wildman–Crippen LogP) is 1.29. The zero-order valence-corrected chi connectivity index (χ0v) is 16.5. The van der Waals surface area contributed by atoms with Gasteiger partial charge in [-0.05, 0) is 44.7 Å². The lowest BCUT2D eigenvalue weighted by molar-refractivity contribution is 0.00629. The van der Waals surface area contributed by atoms with Gasteiger partial charge < -0.3 is 10.1 Å². The Kier molecular flexibility index (Phi) is 4.60. The van der Waals surface area contributed by atoms with Crippen molar-refractivity contribution >= 4 is 31.0 Å². The Bertz CT molecular complexity index is 1120. The van der Waals surface area contributed by atoms with Crippen molar-refractivity contribution in [3.8, 4) is 0 Å². The van der Waals surface area contributed by atoms with Gasteiger partial charge in [0, 0.05) is 6.07 Å². The number of rotatable bonds is 3. The molecule has 1 N–H and O–H groups in total. The third kappa shape index (κ3) is 3.85. The number of esters is 1. The maximum atomic E-state index is 13.0. The van der Waals surface area contributed by atoms with Crippen molar-refractivity contribution in [3.05, 3.63) is 53.1 Å². The summed E-state index contributed by atoms with van der Waals surface area (Å²) in [6.45, 7) is 5.29. The van der Waals surface area contributed by atoms with E-state index >= 15 is 0 Å². The number of carbonyl (C=O) groups excluding carboxylic acids is 2. The molecule has 2 heterocycles. The van der Waals surface area contributed by atoms with Crippen molar-refractivity contribution in [3.63, 3.8) is 0 Å². The highest BCUT2D eigenvalue weighted by atomic mass is 16.6. The van der Waals surface area contributed by atoms with Crippen molar-refractivity contribution < 1.29 is 14.3 Å². The monoisotopic (exact) mass is 389 g/mol. The molecule has 8 nitrogen and oxygen atoms in total. The number of amides is 1. The van der Waals surface area contributed by atoms with Gasteiger partial charge in [0.1, 0.15) is 25.5 Å². The number of nitrogens with one attached hydrogen (secondary N) is 1. The molecule has 0 saturated heterocycles. The molecule has 29 heavy (non-hydrogen) atoms. The lowest BCUT2D eigenvalue weighted by Gasteiger charge is -2.19. The smallest absolute Gasteiger partial charge is 0.357 e. The lowest BCUT2D eigenvalue weighted by atomic mass is 9.92. The topological polar surface area (TPSA) is 98.5 Å². The Morgan fingerprint density at radius 1 is 1.28 bits per heavy atom. The second-order valence-electron chi connectivity index (χ2n) is 8.02. The zero-order chi connectivity index (χ0) is 20.8. The summed E-state index contributed by atoms with van der Waals surface area (Å²) < 4.78 is 6.68. The van der Waals surface area contributed by atoms with E-state index in [2.05, 4.69) is 20.4 Å². The van der Waals surface area contributed by atoms with Crippen molar-refractivity contribution in [2.75, 3.05) is 0 Å². The Labute approximate surface area is 169 Å². The minimum atomic E-state index is -0.684. The van der Waals surface area contributed by atoms with Crippen LogP contribution in [0.1, 0.15) is 65.3 Å². The number of hydrogen-bond donors (Lipinski definition) is 1. The molecule has 0 aliphatic heterocycles. The second kappa shape index (κ2) is 6.99. The molecule has 3 aromatic rings. The number of hydrogen-bond acceptors (Lipinski definition) is 6. The van der Waals surface area contributed by atoms with E-state index in [-0.39, 0.29) is 29.1 Å². The average molecular weight is 389 g/mol. The molecule has 9 heteroatoms. The molecule has 1 atom stereocenters. The van der Waals surface area contributed by atoms with Crippen LogP contribution in [0.25, 0.3) is 5.78 Å². The Morgan fingerprint density at radius 2 is 2.07 bits per heavy atom. The Hall–Kier alpha value is -3.23. The number of aromatic nitrogens is 4. The molecule has 0 spiro atoms. The fraction of sp³-hybridized carbons (Fsp3) is 0.350. The molecule has 0 bridgehead atoms. The molecule has 146 valence electrons. The van der Waals surface area contributed by atoms with Crippen molar-refractivity contribution in [2.24, 2.45) is 0 Å². The molecule has 0 saturated carbocycles. The SMILES string of the molecule is [B]c1ccc2c(c1)CC[C@@H]2NC(=O)c1cc(C(=O)OC(C)(C)C)nc2ncnn12. The summed E-state index contributed by atoms with van der Waals surface area (Å²) in [4.78, 5) is 33.7. The number of ether oxygens (including phenoxy) is 1. The molecule has 0 fully saturated rings. The van der Waals surface area contributed by atoms with Crippen LogP contribution < -0.4 is 10.8 Å². The summed E-state index contributed by atoms with van der Waals surface area (Å²) in [6.07, 6.45) is 2.89. The first kappa shape index (κ1) is 19.1. The quantitative estimate of drug-likeness (QED) is 0.536. The fourth-order valence-electron chi connectivity index (χ4n) is 3.43. The molecular formula is C20H20BN5O3. The zero-order valence-electron chi connectivity index (χ0n) is 16.5. The Balaban J connectivity index is 1.64. The van der Waals surface area contributed by atoms with Gasteiger partial charge in [-0.15, -0.1) is 0 Å². The van der Waals surface area contributed by atoms with Gasteiger partial charge in [0.2, 0.25) is 0 Å². The Morgan fingerprint density at radius 3 is 2.83 bits per heavy atom. The second-order valence-corrected chi connectivity index (χ2v) is 8.02. The molecular weight excluding hydrogens is 369 g/mol. The van der Waals surface area contributed by atoms with E-state index in [0.717, 1.165) is 24.0 Å². The molecule has 1 aliphatic rings. The molecule has 0 unspecified atom stereocenters. The fourth-order valence-corrected chi connectivity index (χ4v) is 3.43. The van der Waals surface area contributed by atoms with Crippen LogP contribution in [-0.4, -0.2) is 44.9 Å². The van der Waals surface area contributed by atoms with Crippen molar-refractivity contribution in [2.45, 2.75) is 45.3 Å². The van der Waals surface area contributed by atoms with Crippen LogP contribution in [0.3, 0.4) is 0 Å². The molecule has 1 amide bonds. The minimum Gasteiger partial charge on any atom is -0.455 e. The highest BCUT2D eigenvalue weighted by Crippen LogP contribution is 2.30. The summed E-state index contributed by atoms with van der Waals surface area (Å²) >= 11 is 0. The van der Waals surface area contributed by atoms with Crippen LogP contribution in [0, 0.1) is 0 Å². The van der Waals surface area contributed by atoms with E-state index in [1.54, 1.807) is 20.8 Å². The molecule has 4 rings (SSSR count). The molecule has 2 aromatic heterocycles. The minimum absolute atomic E-state index is 0.00479. The van der Waals surface area contributed by atoms with Gasteiger partial charge in [0.15, 0.2) is 5.69 Å². The van der Waals surface area contributed by atoms with Crippen LogP contribution in [0.4, 0.5) is 0 Å². The van der Waals surface area contributed by atoms with Gasteiger partial charge in [-0.2, -0.15) is 14.6 Å². The van der Waals surface area contributed by atoms with Crippen molar-refractivity contribution in [1.82, 2.24) is 24.9 Å². The van der Waals surface area contributed by atoms with E-state index in [9.17, 15) is 9.59 Å². The van der Waals surface area contributed by atoms with E-state index in [1.807, 2.05) is 18.2 Å². The number of aryl methyl sites for hydroxylation is 1. The van der Waals surface area contributed by atoms with Gasteiger partial charge in [-0.1, -0.05) is 23.7 Å². The van der Waals surface area contributed by atoms with Gasteiger partial charge in [-0.25, -0.2) is 9.78 Å². The van der Waals surface area contributed by atoms with Crippen LogP contribution in [-0.2, 0) is 11.2 Å². The first-order valence-corrected chi connectivity index (χ1v) is 9.34. The number of carbonyl (C=O) groups is 2. The normalized spacial score (nSPS) is 15.9. The van der Waals surface area contributed by atoms with Gasteiger partial charge in [0.25, 0.3) is 11.7 Å². The molecule has 1 aromatic carbocycles. The highest BCUT2D eigenvalue weighted by Gasteiger charge is 2.27. The van der Waals surface area contributed by atoms with E-state index in [1.165, 1.54) is 16.9 Å². The first-order chi connectivity index (χ1) is 13.7. The maximum absolute atomic E-state index is 13.0. The summed E-state index contributed by atoms with van der Waals surface area (Å²) in [6, 6.07) is 6.93. The van der Waals surface area contributed by atoms with Crippen LogP contribution in [0.5, 0.6) is 0 Å². The van der Waals surface area contributed by atoms with Gasteiger partial charge in [-0.3, -0.25) is 4.79 Å². The van der Waals surface area contributed by atoms with Crippen LogP contribution in [0.15, 0.2) is 30.6 Å². The average Bonchev–Trinajstić information content (AvgIpc) is 3.26. The van der Waals surface area contributed by atoms with E-state index in [0.29, 0.717) is 5.46 Å². The number of nitrogens with zero attached hydrogens (tertiary/aromatic N) is 4. The summed E-state index contributed by atoms with van der Waals surface area (Å²) in [5.41, 5.74) is 2.36. The van der Waals surface area contributed by atoms with Crippen LogP contribution >= 0.6 is 0 Å². The standard InChI is InChI=1S/C20H20BN5O3/c1-20(2,3)29-18(28)15-9-16(26-19(25-15)22-10-23-26)17(27)24-14-7-4-11-8-12(21)5-6-13(11)14/h5-6,8-10,14H,4,7H2,1-3H3,(H,24,27)/t14-/m0/s1. The van der Waals surface area contributed by atoms with Crippen molar-refractivity contribution in [1.29, 1.82) is 0 Å². The number of benzene rings is 1. The van der Waals surface area contributed by atoms with Gasteiger partial charge in [0.05, 0.1) is 6.04 Å². The van der Waals surface area contributed by atoms with Crippen LogP contribution in [0.2, 0.25) is 0 Å². The first-order valence-electron chi connectivity index (χ1n) is 9.34. The lowest BCUT2D eigenvalue weighted by Crippen LogP contribution is -2.30. The third-order valence-corrected chi connectivity index (χ3v) is 4.64.